The topological polar surface area (TPSA) is 84.0 Å². The summed E-state index contributed by atoms with van der Waals surface area (Å²) >= 11 is 0. The van der Waals surface area contributed by atoms with Crippen LogP contribution >= 0.6 is 0 Å². The predicted molar refractivity (Wildman–Crippen MR) is 108 cm³/mol. The Morgan fingerprint density at radius 3 is 2.31 bits per heavy atom. The zero-order chi connectivity index (χ0) is 20.8. The molecule has 2 aromatic carbocycles. The second-order valence-corrected chi connectivity index (χ2v) is 6.77. The highest BCUT2D eigenvalue weighted by Gasteiger charge is 2.26. The van der Waals surface area contributed by atoms with Crippen LogP contribution in [-0.4, -0.2) is 21.7 Å². The van der Waals surface area contributed by atoms with Gasteiger partial charge in [-0.3, -0.25) is 9.59 Å². The highest BCUT2D eigenvalue weighted by molar-refractivity contribution is 6.01. The maximum Gasteiger partial charge on any atom is 0.227 e. The molecule has 3 rings (SSSR count). The van der Waals surface area contributed by atoms with E-state index in [1.807, 2.05) is 30.3 Å². The molecule has 0 bridgehead atoms. The number of amides is 1. The number of ketones is 1. The number of rotatable bonds is 7. The molecule has 0 aliphatic rings. The summed E-state index contributed by atoms with van der Waals surface area (Å²) in [5.41, 5.74) is 1.39. The number of benzene rings is 2. The van der Waals surface area contributed by atoms with Gasteiger partial charge in [-0.25, -0.2) is 14.4 Å². The number of carbonyl (C=O) groups excluding carboxylic acids is 2. The lowest BCUT2D eigenvalue weighted by atomic mass is 9.99. The molecule has 0 fully saturated rings. The molecule has 0 aliphatic carbocycles. The summed E-state index contributed by atoms with van der Waals surface area (Å²) in [7, 11) is 0. The Bertz CT molecular complexity index is 991. The molecule has 0 saturated heterocycles. The van der Waals surface area contributed by atoms with Gasteiger partial charge in [0, 0.05) is 17.8 Å². The van der Waals surface area contributed by atoms with Gasteiger partial charge in [-0.05, 0) is 35.9 Å². The summed E-state index contributed by atoms with van der Waals surface area (Å²) in [5, 5.41) is 5.76. The third-order valence-corrected chi connectivity index (χ3v) is 4.21. The van der Waals surface area contributed by atoms with Gasteiger partial charge in [0.2, 0.25) is 17.6 Å². The van der Waals surface area contributed by atoms with Crippen LogP contribution in [0.1, 0.15) is 35.9 Å². The average molecular weight is 392 g/mol. The van der Waals surface area contributed by atoms with Gasteiger partial charge in [0.05, 0.1) is 0 Å². The van der Waals surface area contributed by atoms with E-state index in [1.54, 1.807) is 13.8 Å². The van der Waals surface area contributed by atoms with E-state index in [0.717, 1.165) is 5.69 Å². The first kappa shape index (κ1) is 20.1. The van der Waals surface area contributed by atoms with E-state index in [4.69, 9.17) is 0 Å². The van der Waals surface area contributed by atoms with Crippen molar-refractivity contribution in [2.75, 3.05) is 5.32 Å². The molecular weight excluding hydrogens is 371 g/mol. The number of para-hydroxylation sites is 1. The fraction of sp³-hybridized carbons (Fsp3) is 0.182. The van der Waals surface area contributed by atoms with Crippen LogP contribution < -0.4 is 10.6 Å². The Morgan fingerprint density at radius 2 is 1.66 bits per heavy atom. The van der Waals surface area contributed by atoms with Crippen LogP contribution in [-0.2, 0) is 4.79 Å². The minimum absolute atomic E-state index is 0.136. The molecule has 3 aromatic rings. The molecule has 1 unspecified atom stereocenters. The molecule has 29 heavy (non-hydrogen) atoms. The number of halogens is 1. The van der Waals surface area contributed by atoms with Gasteiger partial charge in [-0.15, -0.1) is 0 Å². The van der Waals surface area contributed by atoms with Gasteiger partial charge in [-0.1, -0.05) is 44.2 Å². The van der Waals surface area contributed by atoms with Gasteiger partial charge < -0.3 is 10.6 Å². The summed E-state index contributed by atoms with van der Waals surface area (Å²) < 4.78 is 13.3. The van der Waals surface area contributed by atoms with Crippen molar-refractivity contribution in [1.29, 1.82) is 0 Å². The molecule has 1 heterocycles. The van der Waals surface area contributed by atoms with Crippen LogP contribution in [0.2, 0.25) is 0 Å². The molecule has 1 aromatic heterocycles. The van der Waals surface area contributed by atoms with Gasteiger partial charge in [0.25, 0.3) is 0 Å². The Kier molecular flexibility index (Phi) is 6.29. The Morgan fingerprint density at radius 1 is 0.966 bits per heavy atom. The van der Waals surface area contributed by atoms with Crippen molar-refractivity contribution in [2.45, 2.75) is 19.9 Å². The maximum atomic E-state index is 13.3. The van der Waals surface area contributed by atoms with E-state index < -0.39 is 17.6 Å². The van der Waals surface area contributed by atoms with Crippen LogP contribution in [0.15, 0.2) is 66.9 Å². The normalized spacial score (nSPS) is 11.7. The first-order valence-electron chi connectivity index (χ1n) is 9.19. The van der Waals surface area contributed by atoms with E-state index in [1.165, 1.54) is 36.5 Å². The summed E-state index contributed by atoms with van der Waals surface area (Å²) in [6, 6.07) is 15.3. The highest BCUT2D eigenvalue weighted by Crippen LogP contribution is 2.20. The van der Waals surface area contributed by atoms with E-state index in [2.05, 4.69) is 20.6 Å². The predicted octanol–water partition coefficient (Wildman–Crippen LogP) is 4.06. The van der Waals surface area contributed by atoms with Crippen LogP contribution in [0.25, 0.3) is 0 Å². The van der Waals surface area contributed by atoms with Crippen molar-refractivity contribution < 1.29 is 14.0 Å². The zero-order valence-electron chi connectivity index (χ0n) is 16.1. The number of anilines is 2. The Balaban J connectivity index is 1.89. The van der Waals surface area contributed by atoms with Crippen molar-refractivity contribution in [1.82, 2.24) is 15.3 Å². The molecule has 0 aliphatic heterocycles. The smallest absolute Gasteiger partial charge is 0.227 e. The van der Waals surface area contributed by atoms with Crippen molar-refractivity contribution in [3.8, 4) is 0 Å². The monoisotopic (exact) mass is 392 g/mol. The summed E-state index contributed by atoms with van der Waals surface area (Å²) in [6.45, 7) is 3.46. The number of carbonyl (C=O) groups is 2. The third-order valence-electron chi connectivity index (χ3n) is 4.21. The first-order chi connectivity index (χ1) is 13.9. The van der Waals surface area contributed by atoms with Crippen molar-refractivity contribution in [2.24, 2.45) is 5.92 Å². The quantitative estimate of drug-likeness (QED) is 0.593. The molecule has 2 N–H and O–H groups in total. The van der Waals surface area contributed by atoms with Crippen LogP contribution in [0.5, 0.6) is 0 Å². The van der Waals surface area contributed by atoms with Crippen LogP contribution in [0.4, 0.5) is 16.0 Å². The molecule has 0 radical (unpaired) electrons. The standard InChI is InChI=1S/C22H21FN4O2/c1-14(2)21(29)27-19(15-8-10-16(23)11-9-15)20(28)18-12-13-24-22(26-18)25-17-6-4-3-5-7-17/h3-14,19H,1-2H3,(H,27,29)(H,24,25,26). The summed E-state index contributed by atoms with van der Waals surface area (Å²) in [5.74, 6) is -1.18. The van der Waals surface area contributed by atoms with Crippen molar-refractivity contribution in [3.05, 3.63) is 83.9 Å². The summed E-state index contributed by atoms with van der Waals surface area (Å²) in [6.07, 6.45) is 1.47. The lowest BCUT2D eigenvalue weighted by molar-refractivity contribution is -0.124. The SMILES string of the molecule is CC(C)C(=O)NC(C(=O)c1ccnc(Nc2ccccc2)n1)c1ccc(F)cc1. The van der Waals surface area contributed by atoms with Gasteiger partial charge in [0.15, 0.2) is 0 Å². The zero-order valence-corrected chi connectivity index (χ0v) is 16.1. The van der Waals surface area contributed by atoms with Crippen molar-refractivity contribution in [3.63, 3.8) is 0 Å². The number of nitrogens with zero attached hydrogens (tertiary/aromatic N) is 2. The third kappa shape index (κ3) is 5.22. The van der Waals surface area contributed by atoms with Crippen LogP contribution in [0.3, 0.4) is 0 Å². The maximum absolute atomic E-state index is 13.3. The average Bonchev–Trinajstić information content (AvgIpc) is 2.73. The number of nitrogens with one attached hydrogen (secondary N) is 2. The molecule has 0 saturated carbocycles. The lowest BCUT2D eigenvalue weighted by Crippen LogP contribution is -2.36. The fourth-order valence-corrected chi connectivity index (χ4v) is 2.62. The number of hydrogen-bond acceptors (Lipinski definition) is 5. The molecule has 6 nitrogen and oxygen atoms in total. The fourth-order valence-electron chi connectivity index (χ4n) is 2.62. The highest BCUT2D eigenvalue weighted by atomic mass is 19.1. The lowest BCUT2D eigenvalue weighted by Gasteiger charge is -2.19. The largest absolute Gasteiger partial charge is 0.342 e. The van der Waals surface area contributed by atoms with Gasteiger partial charge >= 0.3 is 0 Å². The summed E-state index contributed by atoms with van der Waals surface area (Å²) in [4.78, 5) is 33.8. The van der Waals surface area contributed by atoms with E-state index in [9.17, 15) is 14.0 Å². The molecular formula is C22H21FN4O2. The van der Waals surface area contributed by atoms with Crippen molar-refractivity contribution >= 4 is 23.3 Å². The van der Waals surface area contributed by atoms with E-state index in [0.29, 0.717) is 5.56 Å². The van der Waals surface area contributed by atoms with Crippen LogP contribution in [0, 0.1) is 11.7 Å². The second kappa shape index (κ2) is 9.05. The molecule has 148 valence electrons. The Labute approximate surface area is 168 Å². The minimum Gasteiger partial charge on any atom is -0.342 e. The number of hydrogen-bond donors (Lipinski definition) is 2. The number of Topliss-reactive ketones (excluding diaryl/α,β-unsaturated/α-hetero) is 1. The van der Waals surface area contributed by atoms with E-state index >= 15 is 0 Å². The Hall–Kier alpha value is -3.61. The van der Waals surface area contributed by atoms with Gasteiger partial charge in [0.1, 0.15) is 17.6 Å². The molecule has 0 spiro atoms. The minimum atomic E-state index is -0.982. The van der Waals surface area contributed by atoms with E-state index in [-0.39, 0.29) is 23.5 Å². The molecule has 1 amide bonds. The second-order valence-electron chi connectivity index (χ2n) is 6.77. The van der Waals surface area contributed by atoms with Gasteiger partial charge in [-0.2, -0.15) is 0 Å². The number of aromatic nitrogens is 2. The first-order valence-corrected chi connectivity index (χ1v) is 9.19. The molecule has 7 heteroatoms. The molecule has 1 atom stereocenters.